The van der Waals surface area contributed by atoms with Crippen LogP contribution in [0, 0.1) is 5.92 Å². The molecule has 3 rings (SSSR count). The Morgan fingerprint density at radius 1 is 1.06 bits per heavy atom. The first-order valence-electron chi connectivity index (χ1n) is 7.60. The van der Waals surface area contributed by atoms with Gasteiger partial charge in [0.25, 0.3) is 0 Å². The van der Waals surface area contributed by atoms with Gasteiger partial charge in [0.05, 0.1) is 0 Å². The molecule has 3 fully saturated rings. The van der Waals surface area contributed by atoms with Gasteiger partial charge in [-0.1, -0.05) is 0 Å². The zero-order chi connectivity index (χ0) is 11.5. The fraction of sp³-hybridized carbons (Fsp3) is 1.00. The Labute approximate surface area is 105 Å². The number of nitrogens with zero attached hydrogens (tertiary/aromatic N) is 1. The molecule has 0 amide bonds. The molecular formula is C14H27N3. The fourth-order valence-corrected chi connectivity index (χ4v) is 3.36. The van der Waals surface area contributed by atoms with Crippen molar-refractivity contribution in [2.75, 3.05) is 32.7 Å². The first-order valence-corrected chi connectivity index (χ1v) is 7.60. The van der Waals surface area contributed by atoms with E-state index in [2.05, 4.69) is 15.5 Å². The summed E-state index contributed by atoms with van der Waals surface area (Å²) < 4.78 is 0. The van der Waals surface area contributed by atoms with E-state index < -0.39 is 0 Å². The SMILES string of the molecule is C1CNCCC(NCC2CCN(C3CC3)C2)C1. The molecule has 0 spiro atoms. The van der Waals surface area contributed by atoms with Crippen LogP contribution in [0.3, 0.4) is 0 Å². The molecule has 1 aliphatic carbocycles. The Kier molecular flexibility index (Phi) is 3.99. The first-order chi connectivity index (χ1) is 8.42. The van der Waals surface area contributed by atoms with Gasteiger partial charge in [-0.05, 0) is 70.6 Å². The third-order valence-electron chi connectivity index (χ3n) is 4.65. The molecule has 0 bridgehead atoms. The van der Waals surface area contributed by atoms with Crippen molar-refractivity contribution in [1.82, 2.24) is 15.5 Å². The zero-order valence-corrected chi connectivity index (χ0v) is 11.0. The molecule has 0 aromatic heterocycles. The smallest absolute Gasteiger partial charge is 0.00965 e. The topological polar surface area (TPSA) is 27.3 Å². The second-order valence-corrected chi connectivity index (χ2v) is 6.17. The van der Waals surface area contributed by atoms with Crippen LogP contribution in [-0.2, 0) is 0 Å². The van der Waals surface area contributed by atoms with E-state index in [1.807, 2.05) is 0 Å². The van der Waals surface area contributed by atoms with E-state index in [9.17, 15) is 0 Å². The number of hydrogen-bond donors (Lipinski definition) is 2. The van der Waals surface area contributed by atoms with E-state index in [0.717, 1.165) is 18.0 Å². The number of likely N-dealkylation sites (tertiary alicyclic amines) is 1. The molecule has 0 radical (unpaired) electrons. The van der Waals surface area contributed by atoms with Crippen LogP contribution in [0.25, 0.3) is 0 Å². The highest BCUT2D eigenvalue weighted by atomic mass is 15.2. The summed E-state index contributed by atoms with van der Waals surface area (Å²) in [5.41, 5.74) is 0. The van der Waals surface area contributed by atoms with Crippen molar-refractivity contribution in [2.24, 2.45) is 5.92 Å². The second-order valence-electron chi connectivity index (χ2n) is 6.17. The fourth-order valence-electron chi connectivity index (χ4n) is 3.36. The molecule has 3 aliphatic rings. The molecule has 0 aromatic carbocycles. The summed E-state index contributed by atoms with van der Waals surface area (Å²) in [5, 5.41) is 7.30. The summed E-state index contributed by atoms with van der Waals surface area (Å²) in [4.78, 5) is 2.72. The van der Waals surface area contributed by atoms with Crippen molar-refractivity contribution in [3.8, 4) is 0 Å². The van der Waals surface area contributed by atoms with Crippen LogP contribution >= 0.6 is 0 Å². The predicted molar refractivity (Wildman–Crippen MR) is 71.2 cm³/mol. The summed E-state index contributed by atoms with van der Waals surface area (Å²) in [6.07, 6.45) is 8.39. The van der Waals surface area contributed by atoms with Crippen molar-refractivity contribution in [3.05, 3.63) is 0 Å². The summed E-state index contributed by atoms with van der Waals surface area (Å²) >= 11 is 0. The lowest BCUT2D eigenvalue weighted by molar-refractivity contribution is 0.307. The van der Waals surface area contributed by atoms with E-state index >= 15 is 0 Å². The molecular weight excluding hydrogens is 210 g/mol. The molecule has 2 unspecified atom stereocenters. The van der Waals surface area contributed by atoms with Crippen LogP contribution in [-0.4, -0.2) is 49.7 Å². The number of nitrogens with one attached hydrogen (secondary N) is 2. The molecule has 2 saturated heterocycles. The van der Waals surface area contributed by atoms with Crippen LogP contribution in [0.1, 0.15) is 38.5 Å². The van der Waals surface area contributed by atoms with Gasteiger partial charge in [0, 0.05) is 18.6 Å². The highest BCUT2D eigenvalue weighted by Gasteiger charge is 2.34. The first kappa shape index (κ1) is 11.9. The van der Waals surface area contributed by atoms with Gasteiger partial charge < -0.3 is 15.5 Å². The maximum Gasteiger partial charge on any atom is 0.00965 e. The third kappa shape index (κ3) is 3.43. The Balaban J connectivity index is 1.36. The van der Waals surface area contributed by atoms with Crippen LogP contribution in [0.2, 0.25) is 0 Å². The molecule has 2 atom stereocenters. The monoisotopic (exact) mass is 237 g/mol. The maximum atomic E-state index is 3.82. The lowest BCUT2D eigenvalue weighted by Gasteiger charge is -2.19. The summed E-state index contributed by atoms with van der Waals surface area (Å²) in [7, 11) is 0. The van der Waals surface area contributed by atoms with Gasteiger partial charge in [0.1, 0.15) is 0 Å². The molecule has 2 heterocycles. The quantitative estimate of drug-likeness (QED) is 0.769. The lowest BCUT2D eigenvalue weighted by atomic mass is 10.1. The van der Waals surface area contributed by atoms with Crippen LogP contribution in [0.4, 0.5) is 0 Å². The van der Waals surface area contributed by atoms with Crippen LogP contribution in [0.5, 0.6) is 0 Å². The molecule has 1 saturated carbocycles. The van der Waals surface area contributed by atoms with Crippen LogP contribution < -0.4 is 10.6 Å². The third-order valence-corrected chi connectivity index (χ3v) is 4.65. The van der Waals surface area contributed by atoms with Gasteiger partial charge >= 0.3 is 0 Å². The van der Waals surface area contributed by atoms with E-state index in [0.29, 0.717) is 0 Å². The zero-order valence-electron chi connectivity index (χ0n) is 11.0. The van der Waals surface area contributed by atoms with E-state index in [4.69, 9.17) is 0 Å². The largest absolute Gasteiger partial charge is 0.317 e. The minimum Gasteiger partial charge on any atom is -0.317 e. The van der Waals surface area contributed by atoms with Gasteiger partial charge in [-0.15, -0.1) is 0 Å². The minimum absolute atomic E-state index is 0.778. The second kappa shape index (κ2) is 5.68. The Morgan fingerprint density at radius 3 is 2.88 bits per heavy atom. The van der Waals surface area contributed by atoms with Gasteiger partial charge in [-0.2, -0.15) is 0 Å². The number of rotatable bonds is 4. The van der Waals surface area contributed by atoms with Crippen LogP contribution in [0.15, 0.2) is 0 Å². The summed E-state index contributed by atoms with van der Waals surface area (Å²) in [5.74, 6) is 0.923. The molecule has 0 aromatic rings. The van der Waals surface area contributed by atoms with E-state index in [1.165, 1.54) is 71.2 Å². The molecule has 2 aliphatic heterocycles. The van der Waals surface area contributed by atoms with Crippen molar-refractivity contribution < 1.29 is 0 Å². The van der Waals surface area contributed by atoms with Gasteiger partial charge in [-0.25, -0.2) is 0 Å². The molecule has 17 heavy (non-hydrogen) atoms. The van der Waals surface area contributed by atoms with Gasteiger partial charge in [0.2, 0.25) is 0 Å². The molecule has 3 nitrogen and oxygen atoms in total. The van der Waals surface area contributed by atoms with E-state index in [-0.39, 0.29) is 0 Å². The van der Waals surface area contributed by atoms with Gasteiger partial charge in [-0.3, -0.25) is 0 Å². The van der Waals surface area contributed by atoms with Crippen molar-refractivity contribution in [2.45, 2.75) is 50.6 Å². The molecule has 2 N–H and O–H groups in total. The molecule has 98 valence electrons. The Hall–Kier alpha value is -0.120. The highest BCUT2D eigenvalue weighted by Crippen LogP contribution is 2.31. The van der Waals surface area contributed by atoms with E-state index in [1.54, 1.807) is 0 Å². The average molecular weight is 237 g/mol. The van der Waals surface area contributed by atoms with Crippen molar-refractivity contribution in [3.63, 3.8) is 0 Å². The van der Waals surface area contributed by atoms with Gasteiger partial charge in [0.15, 0.2) is 0 Å². The normalized spacial score (nSPS) is 36.0. The molecule has 3 heteroatoms. The highest BCUT2D eigenvalue weighted by molar-refractivity contribution is 4.90. The lowest BCUT2D eigenvalue weighted by Crippen LogP contribution is -2.35. The summed E-state index contributed by atoms with van der Waals surface area (Å²) in [6.45, 7) is 6.41. The standard InChI is InChI=1S/C14H27N3/c1-2-13(5-8-15-7-1)16-10-12-6-9-17(11-12)14-3-4-14/h12-16H,1-11H2. The Morgan fingerprint density at radius 2 is 2.00 bits per heavy atom. The predicted octanol–water partition coefficient (Wildman–Crippen LogP) is 1.20. The van der Waals surface area contributed by atoms with Crippen molar-refractivity contribution in [1.29, 1.82) is 0 Å². The average Bonchev–Trinajstić information content (AvgIpc) is 3.13. The number of hydrogen-bond acceptors (Lipinski definition) is 3. The summed E-state index contributed by atoms with van der Waals surface area (Å²) in [6, 6.07) is 1.75. The van der Waals surface area contributed by atoms with Crippen molar-refractivity contribution >= 4 is 0 Å². The maximum absolute atomic E-state index is 3.82. The Bertz CT molecular complexity index is 232. The minimum atomic E-state index is 0.778.